The molecule has 0 fully saturated rings. The van der Waals surface area contributed by atoms with Gasteiger partial charge in [0.15, 0.2) is 0 Å². The predicted octanol–water partition coefficient (Wildman–Crippen LogP) is 3.45. The van der Waals surface area contributed by atoms with E-state index in [0.717, 1.165) is 25.9 Å². The van der Waals surface area contributed by atoms with Crippen LogP contribution in [0.5, 0.6) is 0 Å². The fourth-order valence-corrected chi connectivity index (χ4v) is 2.73. The number of esters is 1. The van der Waals surface area contributed by atoms with Gasteiger partial charge in [-0.15, -0.1) is 0 Å². The first kappa shape index (κ1) is 19.4. The van der Waals surface area contributed by atoms with Gasteiger partial charge in [0, 0.05) is 18.5 Å². The largest absolute Gasteiger partial charge is 0.465 e. The SMILES string of the molecule is CCC(CC)(COC(=O)CC(C)=O)CN(C)Cc1ccccc1. The Kier molecular flexibility index (Phi) is 7.96. The van der Waals surface area contributed by atoms with E-state index in [1.165, 1.54) is 12.5 Å². The number of hydrogen-bond acceptors (Lipinski definition) is 4. The molecule has 23 heavy (non-hydrogen) atoms. The third-order valence-electron chi connectivity index (χ3n) is 4.33. The molecule has 0 saturated carbocycles. The van der Waals surface area contributed by atoms with E-state index in [1.807, 2.05) is 18.2 Å². The van der Waals surface area contributed by atoms with E-state index in [4.69, 9.17) is 4.74 Å². The average Bonchev–Trinajstić information content (AvgIpc) is 2.52. The minimum absolute atomic E-state index is 0.0734. The second-order valence-electron chi connectivity index (χ2n) is 6.40. The predicted molar refractivity (Wildman–Crippen MR) is 92.0 cm³/mol. The van der Waals surface area contributed by atoms with Gasteiger partial charge in [-0.2, -0.15) is 0 Å². The zero-order valence-electron chi connectivity index (χ0n) is 14.8. The van der Waals surface area contributed by atoms with Crippen LogP contribution in [0.15, 0.2) is 30.3 Å². The number of carbonyl (C=O) groups is 2. The third kappa shape index (κ3) is 6.95. The Labute approximate surface area is 139 Å². The molecule has 4 nitrogen and oxygen atoms in total. The molecule has 0 aromatic heterocycles. The maximum Gasteiger partial charge on any atom is 0.313 e. The monoisotopic (exact) mass is 319 g/mol. The van der Waals surface area contributed by atoms with E-state index in [-0.39, 0.29) is 17.6 Å². The smallest absolute Gasteiger partial charge is 0.313 e. The Hall–Kier alpha value is -1.68. The number of hydrogen-bond donors (Lipinski definition) is 0. The Bertz CT molecular complexity index is 495. The van der Waals surface area contributed by atoms with Crippen LogP contribution in [0.2, 0.25) is 0 Å². The first-order valence-electron chi connectivity index (χ1n) is 8.28. The van der Waals surface area contributed by atoms with Crippen LogP contribution in [0.3, 0.4) is 0 Å². The highest BCUT2D eigenvalue weighted by Gasteiger charge is 2.29. The van der Waals surface area contributed by atoms with Crippen molar-refractivity contribution in [1.29, 1.82) is 0 Å². The first-order valence-corrected chi connectivity index (χ1v) is 8.28. The minimum Gasteiger partial charge on any atom is -0.465 e. The number of Topliss-reactive ketones (excluding diaryl/α,β-unsaturated/α-hetero) is 1. The summed E-state index contributed by atoms with van der Waals surface area (Å²) in [7, 11) is 2.09. The summed E-state index contributed by atoms with van der Waals surface area (Å²) in [5.41, 5.74) is 1.19. The molecule has 0 unspecified atom stereocenters. The number of ketones is 1. The molecule has 0 aliphatic carbocycles. The van der Waals surface area contributed by atoms with E-state index in [9.17, 15) is 9.59 Å². The molecule has 4 heteroatoms. The molecule has 128 valence electrons. The molecule has 0 N–H and O–H groups in total. The van der Waals surface area contributed by atoms with Crippen molar-refractivity contribution in [1.82, 2.24) is 4.90 Å². The second kappa shape index (κ2) is 9.46. The molecule has 0 aliphatic heterocycles. The summed E-state index contributed by atoms with van der Waals surface area (Å²) in [5.74, 6) is -0.579. The summed E-state index contributed by atoms with van der Waals surface area (Å²) in [6, 6.07) is 10.3. The van der Waals surface area contributed by atoms with E-state index in [0.29, 0.717) is 6.61 Å². The van der Waals surface area contributed by atoms with Crippen LogP contribution in [0.4, 0.5) is 0 Å². The molecule has 0 amide bonds. The molecule has 0 radical (unpaired) electrons. The van der Waals surface area contributed by atoms with Crippen LogP contribution in [-0.4, -0.2) is 36.9 Å². The lowest BCUT2D eigenvalue weighted by Gasteiger charge is -2.35. The third-order valence-corrected chi connectivity index (χ3v) is 4.33. The highest BCUT2D eigenvalue weighted by molar-refractivity contribution is 5.94. The van der Waals surface area contributed by atoms with Crippen molar-refractivity contribution in [3.8, 4) is 0 Å². The van der Waals surface area contributed by atoms with Crippen LogP contribution in [0.25, 0.3) is 0 Å². The van der Waals surface area contributed by atoms with Gasteiger partial charge >= 0.3 is 5.97 Å². The summed E-state index contributed by atoms with van der Waals surface area (Å²) < 4.78 is 5.36. The Morgan fingerprint density at radius 3 is 2.26 bits per heavy atom. The number of rotatable bonds is 10. The van der Waals surface area contributed by atoms with Crippen molar-refractivity contribution in [3.05, 3.63) is 35.9 Å². The lowest BCUT2D eigenvalue weighted by molar-refractivity contribution is -0.149. The standard InChI is InChI=1S/C19H29NO3/c1-5-19(6-2,15-23-18(22)12-16(3)21)14-20(4)13-17-10-8-7-9-11-17/h7-11H,5-6,12-15H2,1-4H3. The van der Waals surface area contributed by atoms with Gasteiger partial charge in [-0.25, -0.2) is 0 Å². The quantitative estimate of drug-likeness (QED) is 0.489. The van der Waals surface area contributed by atoms with Gasteiger partial charge in [-0.3, -0.25) is 9.59 Å². The molecule has 0 spiro atoms. The normalized spacial score (nSPS) is 11.5. The highest BCUT2D eigenvalue weighted by Crippen LogP contribution is 2.28. The Morgan fingerprint density at radius 2 is 1.74 bits per heavy atom. The molecule has 0 atom stereocenters. The lowest BCUT2D eigenvalue weighted by Crippen LogP contribution is -2.39. The number of nitrogens with zero attached hydrogens (tertiary/aromatic N) is 1. The summed E-state index contributed by atoms with van der Waals surface area (Å²) in [5, 5.41) is 0. The molecule has 0 heterocycles. The Balaban J connectivity index is 2.61. The van der Waals surface area contributed by atoms with Crippen LogP contribution in [0, 0.1) is 5.41 Å². The van der Waals surface area contributed by atoms with Crippen molar-refractivity contribution in [2.24, 2.45) is 5.41 Å². The fraction of sp³-hybridized carbons (Fsp3) is 0.579. The zero-order chi connectivity index (χ0) is 17.3. The van der Waals surface area contributed by atoms with Crippen molar-refractivity contribution in [2.45, 2.75) is 46.6 Å². The number of benzene rings is 1. The van der Waals surface area contributed by atoms with Gasteiger partial charge in [0.05, 0.1) is 6.61 Å². The maximum atomic E-state index is 11.7. The van der Waals surface area contributed by atoms with Gasteiger partial charge in [-0.05, 0) is 32.4 Å². The van der Waals surface area contributed by atoms with Crippen LogP contribution in [0.1, 0.15) is 45.6 Å². The van der Waals surface area contributed by atoms with Crippen molar-refractivity contribution < 1.29 is 14.3 Å². The summed E-state index contributed by atoms with van der Waals surface area (Å²) in [6.07, 6.45) is 1.72. The van der Waals surface area contributed by atoms with Crippen molar-refractivity contribution in [2.75, 3.05) is 20.2 Å². The summed E-state index contributed by atoms with van der Waals surface area (Å²) in [4.78, 5) is 24.9. The van der Waals surface area contributed by atoms with Gasteiger partial charge in [0.1, 0.15) is 12.2 Å². The molecule has 1 aromatic carbocycles. The first-order chi connectivity index (χ1) is 10.9. The van der Waals surface area contributed by atoms with Gasteiger partial charge in [0.25, 0.3) is 0 Å². The average molecular weight is 319 g/mol. The molecule has 0 bridgehead atoms. The van der Waals surface area contributed by atoms with E-state index < -0.39 is 5.97 Å². The van der Waals surface area contributed by atoms with Crippen LogP contribution >= 0.6 is 0 Å². The Morgan fingerprint density at radius 1 is 1.13 bits per heavy atom. The molecular formula is C19H29NO3. The van der Waals surface area contributed by atoms with Crippen molar-refractivity contribution in [3.63, 3.8) is 0 Å². The summed E-state index contributed by atoms with van der Waals surface area (Å²) >= 11 is 0. The summed E-state index contributed by atoms with van der Waals surface area (Å²) in [6.45, 7) is 7.73. The van der Waals surface area contributed by atoms with E-state index in [2.05, 4.69) is 37.9 Å². The number of ether oxygens (including phenoxy) is 1. The second-order valence-corrected chi connectivity index (χ2v) is 6.40. The van der Waals surface area contributed by atoms with E-state index >= 15 is 0 Å². The molecule has 0 aliphatic rings. The zero-order valence-corrected chi connectivity index (χ0v) is 14.8. The van der Waals surface area contributed by atoms with Gasteiger partial charge in [0.2, 0.25) is 0 Å². The van der Waals surface area contributed by atoms with Crippen LogP contribution in [-0.2, 0) is 20.9 Å². The topological polar surface area (TPSA) is 46.6 Å². The molecule has 1 aromatic rings. The van der Waals surface area contributed by atoms with Crippen LogP contribution < -0.4 is 0 Å². The maximum absolute atomic E-state index is 11.7. The number of carbonyl (C=O) groups excluding carboxylic acids is 2. The molecular weight excluding hydrogens is 290 g/mol. The molecule has 1 rings (SSSR count). The van der Waals surface area contributed by atoms with Gasteiger partial charge in [-0.1, -0.05) is 44.2 Å². The fourth-order valence-electron chi connectivity index (χ4n) is 2.73. The van der Waals surface area contributed by atoms with Gasteiger partial charge < -0.3 is 9.64 Å². The van der Waals surface area contributed by atoms with Crippen molar-refractivity contribution >= 4 is 11.8 Å². The van der Waals surface area contributed by atoms with E-state index in [1.54, 1.807) is 0 Å². The minimum atomic E-state index is -0.422. The molecule has 0 saturated heterocycles. The highest BCUT2D eigenvalue weighted by atomic mass is 16.5. The lowest BCUT2D eigenvalue weighted by atomic mass is 9.82.